The number of ether oxygens (including phenoxy) is 2. The van der Waals surface area contributed by atoms with Gasteiger partial charge in [0.25, 0.3) is 0 Å². The predicted molar refractivity (Wildman–Crippen MR) is 137 cm³/mol. The van der Waals surface area contributed by atoms with E-state index in [1.807, 2.05) is 31.2 Å². The van der Waals surface area contributed by atoms with Crippen molar-refractivity contribution >= 4 is 11.1 Å². The number of fused-ring (bicyclic) bond motifs is 1. The Balaban J connectivity index is 1.41. The van der Waals surface area contributed by atoms with Crippen molar-refractivity contribution in [2.24, 2.45) is 0 Å². The van der Waals surface area contributed by atoms with E-state index in [0.29, 0.717) is 24.4 Å². The van der Waals surface area contributed by atoms with Crippen LogP contribution in [0.4, 0.5) is 4.39 Å². The van der Waals surface area contributed by atoms with Gasteiger partial charge in [0.15, 0.2) is 0 Å². The molecule has 1 saturated heterocycles. The minimum Gasteiger partial charge on any atom is -0.508 e. The SMILES string of the molecule is CC1=C(c2ccc(F)cc2)C(c2ccc(OCC(C)N3CCCC3C)cc2)Oc2ccc(O)cc21. The molecule has 0 spiro atoms. The Morgan fingerprint density at radius 3 is 2.51 bits per heavy atom. The summed E-state index contributed by atoms with van der Waals surface area (Å²) in [6, 6.07) is 20.6. The molecular weight excluding hydrogens is 441 g/mol. The number of phenols is 1. The first kappa shape index (κ1) is 23.4. The van der Waals surface area contributed by atoms with Gasteiger partial charge in [-0.3, -0.25) is 4.90 Å². The average molecular weight is 474 g/mol. The quantitative estimate of drug-likeness (QED) is 0.425. The molecule has 3 aromatic rings. The second-order valence-electron chi connectivity index (χ2n) is 9.68. The molecule has 0 saturated carbocycles. The second kappa shape index (κ2) is 9.74. The normalized spacial score (nSPS) is 20.9. The number of rotatable bonds is 6. The van der Waals surface area contributed by atoms with Gasteiger partial charge in [-0.2, -0.15) is 0 Å². The lowest BCUT2D eigenvalue weighted by atomic mass is 9.86. The third kappa shape index (κ3) is 4.78. The van der Waals surface area contributed by atoms with Crippen molar-refractivity contribution in [2.75, 3.05) is 13.2 Å². The molecule has 5 rings (SSSR count). The highest BCUT2D eigenvalue weighted by atomic mass is 19.1. The van der Waals surface area contributed by atoms with Gasteiger partial charge in [0.1, 0.15) is 35.8 Å². The van der Waals surface area contributed by atoms with Gasteiger partial charge in [-0.05, 0) is 99.3 Å². The minimum absolute atomic E-state index is 0.183. The number of likely N-dealkylation sites (tertiary alicyclic amines) is 1. The van der Waals surface area contributed by atoms with Crippen LogP contribution in [-0.4, -0.2) is 35.2 Å². The van der Waals surface area contributed by atoms with Crippen LogP contribution >= 0.6 is 0 Å². The van der Waals surface area contributed by atoms with E-state index in [1.165, 1.54) is 25.0 Å². The van der Waals surface area contributed by atoms with Crippen molar-refractivity contribution in [1.82, 2.24) is 4.90 Å². The highest BCUT2D eigenvalue weighted by molar-refractivity contribution is 5.95. The molecule has 3 aromatic carbocycles. The van der Waals surface area contributed by atoms with Gasteiger partial charge in [-0.1, -0.05) is 24.3 Å². The molecule has 1 N–H and O–H groups in total. The molecule has 0 aliphatic carbocycles. The Hall–Kier alpha value is -3.31. The number of halogens is 1. The van der Waals surface area contributed by atoms with Crippen LogP contribution in [0.3, 0.4) is 0 Å². The van der Waals surface area contributed by atoms with Crippen LogP contribution in [0.15, 0.2) is 66.7 Å². The fourth-order valence-electron chi connectivity index (χ4n) is 5.34. The summed E-state index contributed by atoms with van der Waals surface area (Å²) in [6.45, 7) is 8.33. The van der Waals surface area contributed by atoms with Gasteiger partial charge in [0.05, 0.1) is 0 Å². The molecule has 2 aliphatic rings. The number of hydrogen-bond donors (Lipinski definition) is 1. The zero-order chi connectivity index (χ0) is 24.5. The van der Waals surface area contributed by atoms with Crippen molar-refractivity contribution in [3.63, 3.8) is 0 Å². The van der Waals surface area contributed by atoms with Gasteiger partial charge in [-0.25, -0.2) is 4.39 Å². The lowest BCUT2D eigenvalue weighted by Crippen LogP contribution is -2.39. The largest absolute Gasteiger partial charge is 0.508 e. The summed E-state index contributed by atoms with van der Waals surface area (Å²) >= 11 is 0. The zero-order valence-corrected chi connectivity index (χ0v) is 20.5. The fraction of sp³-hybridized carbons (Fsp3) is 0.333. The van der Waals surface area contributed by atoms with Crippen LogP contribution in [0.1, 0.15) is 56.4 Å². The predicted octanol–water partition coefficient (Wildman–Crippen LogP) is 6.85. The maximum absolute atomic E-state index is 13.7. The van der Waals surface area contributed by atoms with Gasteiger partial charge >= 0.3 is 0 Å². The van der Waals surface area contributed by atoms with Crippen molar-refractivity contribution in [3.05, 3.63) is 89.2 Å². The Labute approximate surface area is 206 Å². The Kier molecular flexibility index (Phi) is 6.52. The van der Waals surface area contributed by atoms with Gasteiger partial charge in [-0.15, -0.1) is 0 Å². The fourth-order valence-corrected chi connectivity index (χ4v) is 5.34. The molecule has 5 heteroatoms. The van der Waals surface area contributed by atoms with E-state index in [9.17, 15) is 9.50 Å². The summed E-state index contributed by atoms with van der Waals surface area (Å²) in [5.41, 5.74) is 4.65. The summed E-state index contributed by atoms with van der Waals surface area (Å²) in [7, 11) is 0. The number of hydrogen-bond acceptors (Lipinski definition) is 4. The molecule has 0 aromatic heterocycles. The summed E-state index contributed by atoms with van der Waals surface area (Å²) in [5, 5.41) is 10.0. The van der Waals surface area contributed by atoms with Crippen LogP contribution in [0.2, 0.25) is 0 Å². The lowest BCUT2D eigenvalue weighted by Gasteiger charge is -2.31. The number of benzene rings is 3. The van der Waals surface area contributed by atoms with Crippen molar-refractivity contribution in [2.45, 2.75) is 51.8 Å². The molecule has 1 fully saturated rings. The molecular formula is C30H32FNO3. The first-order valence-electron chi connectivity index (χ1n) is 12.4. The van der Waals surface area contributed by atoms with E-state index in [-0.39, 0.29) is 17.7 Å². The molecule has 0 amide bonds. The third-order valence-electron chi connectivity index (χ3n) is 7.28. The maximum atomic E-state index is 13.7. The molecule has 4 nitrogen and oxygen atoms in total. The minimum atomic E-state index is -0.365. The third-order valence-corrected chi connectivity index (χ3v) is 7.28. The summed E-state index contributed by atoms with van der Waals surface area (Å²) < 4.78 is 26.2. The first-order valence-corrected chi connectivity index (χ1v) is 12.4. The molecule has 2 heterocycles. The van der Waals surface area contributed by atoms with Gasteiger partial charge in [0, 0.05) is 23.2 Å². The van der Waals surface area contributed by atoms with Crippen molar-refractivity contribution in [3.8, 4) is 17.2 Å². The number of allylic oxidation sites excluding steroid dienone is 1. The summed E-state index contributed by atoms with van der Waals surface area (Å²) in [6.07, 6.45) is 2.15. The molecule has 0 radical (unpaired) electrons. The topological polar surface area (TPSA) is 41.9 Å². The van der Waals surface area contributed by atoms with E-state index in [2.05, 4.69) is 18.7 Å². The zero-order valence-electron chi connectivity index (χ0n) is 20.5. The number of aromatic hydroxyl groups is 1. The van der Waals surface area contributed by atoms with Gasteiger partial charge in [0.2, 0.25) is 0 Å². The second-order valence-corrected chi connectivity index (χ2v) is 9.68. The van der Waals surface area contributed by atoms with Crippen LogP contribution in [0, 0.1) is 5.82 Å². The average Bonchev–Trinajstić information content (AvgIpc) is 3.30. The standard InChI is InChI=1S/C30H32FNO3/c1-19-5-4-16-32(19)20(2)18-34-26-13-8-23(9-14-26)30-29(22-6-10-24(31)11-7-22)21(3)27-17-25(33)12-15-28(27)35-30/h6-15,17,19-20,30,33H,4-5,16,18H2,1-3H3. The maximum Gasteiger partial charge on any atom is 0.150 e. The van der Waals surface area contributed by atoms with Crippen LogP contribution in [0.5, 0.6) is 17.2 Å². The smallest absolute Gasteiger partial charge is 0.150 e. The molecule has 3 unspecified atom stereocenters. The van der Waals surface area contributed by atoms with Crippen LogP contribution in [0.25, 0.3) is 11.1 Å². The lowest BCUT2D eigenvalue weighted by molar-refractivity contribution is 0.141. The first-order chi connectivity index (χ1) is 16.9. The number of phenolic OH excluding ortho intramolecular Hbond substituents is 1. The highest BCUT2D eigenvalue weighted by Gasteiger charge is 2.30. The Morgan fingerprint density at radius 2 is 1.83 bits per heavy atom. The monoisotopic (exact) mass is 473 g/mol. The van der Waals surface area contributed by atoms with E-state index in [4.69, 9.17) is 9.47 Å². The van der Waals surface area contributed by atoms with E-state index < -0.39 is 0 Å². The van der Waals surface area contributed by atoms with E-state index in [0.717, 1.165) is 40.1 Å². The molecule has 2 aliphatic heterocycles. The Bertz CT molecular complexity index is 1220. The summed E-state index contributed by atoms with van der Waals surface area (Å²) in [5.74, 6) is 1.45. The Morgan fingerprint density at radius 1 is 1.09 bits per heavy atom. The van der Waals surface area contributed by atoms with Crippen LogP contribution in [-0.2, 0) is 0 Å². The molecule has 182 valence electrons. The molecule has 0 bridgehead atoms. The molecule has 3 atom stereocenters. The van der Waals surface area contributed by atoms with E-state index in [1.54, 1.807) is 30.3 Å². The molecule has 35 heavy (non-hydrogen) atoms. The summed E-state index contributed by atoms with van der Waals surface area (Å²) in [4.78, 5) is 2.52. The van der Waals surface area contributed by atoms with Crippen molar-refractivity contribution < 1.29 is 19.0 Å². The van der Waals surface area contributed by atoms with Gasteiger partial charge < -0.3 is 14.6 Å². The van der Waals surface area contributed by atoms with E-state index >= 15 is 0 Å². The van der Waals surface area contributed by atoms with Crippen molar-refractivity contribution in [1.29, 1.82) is 0 Å². The number of nitrogens with zero attached hydrogens (tertiary/aromatic N) is 1. The highest BCUT2D eigenvalue weighted by Crippen LogP contribution is 2.47. The van der Waals surface area contributed by atoms with Crippen LogP contribution < -0.4 is 9.47 Å².